The minimum atomic E-state index is -1.12. The second-order valence-corrected chi connectivity index (χ2v) is 5.69. The van der Waals surface area contributed by atoms with Gasteiger partial charge in [-0.2, -0.15) is 0 Å². The number of ether oxygens (including phenoxy) is 1. The van der Waals surface area contributed by atoms with E-state index in [0.29, 0.717) is 5.75 Å². The van der Waals surface area contributed by atoms with Gasteiger partial charge in [-0.1, -0.05) is 5.21 Å². The Morgan fingerprint density at radius 1 is 1.35 bits per heavy atom. The van der Waals surface area contributed by atoms with Crippen LogP contribution >= 0.6 is 0 Å². The Kier molecular flexibility index (Phi) is 5.40. The Balaban J connectivity index is 1.95. The molecule has 0 spiro atoms. The molecule has 1 unspecified atom stereocenters. The molecule has 1 atom stereocenters. The molecule has 7 heteroatoms. The zero-order valence-corrected chi connectivity index (χ0v) is 12.4. The molecule has 108 valence electrons. The van der Waals surface area contributed by atoms with Crippen molar-refractivity contribution in [1.82, 2.24) is 20.3 Å². The topological polar surface area (TPSA) is 75.0 Å². The molecule has 6 nitrogen and oxygen atoms in total. The summed E-state index contributed by atoms with van der Waals surface area (Å²) < 4.78 is 19.0. The van der Waals surface area contributed by atoms with E-state index in [1.165, 1.54) is 0 Å². The number of benzene rings is 1. The van der Waals surface area contributed by atoms with Crippen molar-refractivity contribution in [3.8, 4) is 5.75 Å². The summed E-state index contributed by atoms with van der Waals surface area (Å²) >= 11 is -1.12. The smallest absolute Gasteiger partial charge is 0.156 e. The molecule has 0 aliphatic rings. The molecule has 0 aliphatic carbocycles. The Morgan fingerprint density at radius 3 is 2.75 bits per heavy atom. The number of methoxy groups -OCH3 is 1. The highest BCUT2D eigenvalue weighted by Crippen LogP contribution is 2.18. The molecule has 0 bridgehead atoms. The molecule has 20 heavy (non-hydrogen) atoms. The average Bonchev–Trinajstić information content (AvgIpc) is 2.92. The first kappa shape index (κ1) is 14.8. The van der Waals surface area contributed by atoms with E-state index in [2.05, 4.69) is 15.6 Å². The summed E-state index contributed by atoms with van der Waals surface area (Å²) in [5.74, 6) is 1.12. The van der Waals surface area contributed by atoms with Crippen LogP contribution in [0.5, 0.6) is 5.75 Å². The number of nitrogens with zero attached hydrogens (tertiary/aromatic N) is 3. The van der Waals surface area contributed by atoms with E-state index < -0.39 is 11.2 Å². The fourth-order valence-corrected chi connectivity index (χ4v) is 2.69. The molecule has 0 radical (unpaired) electrons. The van der Waals surface area contributed by atoms with Crippen LogP contribution < -0.4 is 10.1 Å². The van der Waals surface area contributed by atoms with Crippen LogP contribution in [0.2, 0.25) is 0 Å². The van der Waals surface area contributed by atoms with E-state index in [0.717, 1.165) is 29.4 Å². The zero-order valence-electron chi connectivity index (χ0n) is 11.6. The summed E-state index contributed by atoms with van der Waals surface area (Å²) in [5, 5.41) is 11.1. The summed E-state index contributed by atoms with van der Waals surface area (Å²) in [6, 6.07) is 7.22. The molecule has 2 aromatic rings. The van der Waals surface area contributed by atoms with Gasteiger partial charge in [0.15, 0.2) is 10.6 Å². The van der Waals surface area contributed by atoms with Crippen LogP contribution in [0.15, 0.2) is 35.4 Å². The second kappa shape index (κ2) is 7.28. The normalized spacial score (nSPS) is 12.3. The molecular formula is C13H18N4O2S. The van der Waals surface area contributed by atoms with Gasteiger partial charge in [0.25, 0.3) is 0 Å². The van der Waals surface area contributed by atoms with Gasteiger partial charge in [-0.3, -0.25) is 4.68 Å². The molecule has 0 saturated heterocycles. The fraction of sp³-hybridized carbons (Fsp3) is 0.385. The highest BCUT2D eigenvalue weighted by atomic mass is 32.2. The number of rotatable bonds is 7. The van der Waals surface area contributed by atoms with Crippen molar-refractivity contribution in [3.63, 3.8) is 0 Å². The third-order valence-corrected chi connectivity index (χ3v) is 4.13. The number of hydrogen-bond acceptors (Lipinski definition) is 5. The van der Waals surface area contributed by atoms with Gasteiger partial charge in [-0.15, -0.1) is 5.10 Å². The van der Waals surface area contributed by atoms with Crippen LogP contribution in [0.3, 0.4) is 0 Å². The largest absolute Gasteiger partial charge is 0.611 e. The number of likely N-dealkylation sites (N-methyl/N-ethyl adjacent to an activating group) is 1. The standard InChI is InChI=1S/C13H18N4O2S/c1-14-7-8-17-9-11(15-16-17)10-20(18)13-5-3-12(19-2)4-6-13/h3-6,9,14H,7-8,10H2,1-2H3. The molecule has 2 rings (SSSR count). The molecular weight excluding hydrogens is 276 g/mol. The van der Waals surface area contributed by atoms with Crippen molar-refractivity contribution in [3.05, 3.63) is 36.2 Å². The minimum Gasteiger partial charge on any atom is -0.611 e. The lowest BCUT2D eigenvalue weighted by Crippen LogP contribution is -2.15. The van der Waals surface area contributed by atoms with E-state index in [4.69, 9.17) is 4.74 Å². The van der Waals surface area contributed by atoms with Crippen molar-refractivity contribution in [2.24, 2.45) is 0 Å². The highest BCUT2D eigenvalue weighted by molar-refractivity contribution is 7.90. The van der Waals surface area contributed by atoms with Crippen molar-refractivity contribution < 1.29 is 9.29 Å². The molecule has 0 amide bonds. The molecule has 0 aliphatic heterocycles. The molecule has 0 saturated carbocycles. The van der Waals surface area contributed by atoms with Crippen LogP contribution in [0.25, 0.3) is 0 Å². The fourth-order valence-electron chi connectivity index (χ4n) is 1.69. The lowest BCUT2D eigenvalue weighted by atomic mass is 10.3. The summed E-state index contributed by atoms with van der Waals surface area (Å²) in [7, 11) is 3.49. The van der Waals surface area contributed by atoms with E-state index >= 15 is 0 Å². The van der Waals surface area contributed by atoms with Gasteiger partial charge in [-0.05, 0) is 42.5 Å². The van der Waals surface area contributed by atoms with Gasteiger partial charge in [-0.25, -0.2) is 0 Å². The van der Waals surface area contributed by atoms with E-state index in [1.54, 1.807) is 36.1 Å². The van der Waals surface area contributed by atoms with Crippen molar-refractivity contribution >= 4 is 11.2 Å². The van der Waals surface area contributed by atoms with Crippen LogP contribution in [0.4, 0.5) is 0 Å². The summed E-state index contributed by atoms with van der Waals surface area (Å²) in [6.45, 7) is 1.57. The molecule has 1 N–H and O–H groups in total. The molecule has 0 fully saturated rings. The average molecular weight is 294 g/mol. The number of aromatic nitrogens is 3. The maximum absolute atomic E-state index is 12.2. The van der Waals surface area contributed by atoms with Crippen LogP contribution in [0, 0.1) is 0 Å². The van der Waals surface area contributed by atoms with Crippen LogP contribution in [0.1, 0.15) is 5.69 Å². The number of hydrogen-bond donors (Lipinski definition) is 1. The van der Waals surface area contributed by atoms with Crippen molar-refractivity contribution in [1.29, 1.82) is 0 Å². The number of nitrogens with one attached hydrogen (secondary N) is 1. The van der Waals surface area contributed by atoms with Crippen molar-refractivity contribution in [2.75, 3.05) is 20.7 Å². The van der Waals surface area contributed by atoms with Crippen LogP contribution in [-0.4, -0.2) is 40.2 Å². The monoisotopic (exact) mass is 294 g/mol. The summed E-state index contributed by atoms with van der Waals surface area (Å²) in [5.41, 5.74) is 0.732. The lowest BCUT2D eigenvalue weighted by Gasteiger charge is -2.09. The first-order valence-electron chi connectivity index (χ1n) is 6.29. The maximum atomic E-state index is 12.2. The Morgan fingerprint density at radius 2 is 2.10 bits per heavy atom. The maximum Gasteiger partial charge on any atom is 0.156 e. The third-order valence-electron chi connectivity index (χ3n) is 2.78. The summed E-state index contributed by atoms with van der Waals surface area (Å²) in [6.07, 6.45) is 1.83. The van der Waals surface area contributed by atoms with Gasteiger partial charge < -0.3 is 14.6 Å². The molecule has 1 heterocycles. The predicted molar refractivity (Wildman–Crippen MR) is 77.1 cm³/mol. The van der Waals surface area contributed by atoms with Gasteiger partial charge >= 0.3 is 0 Å². The second-order valence-electron chi connectivity index (χ2n) is 4.24. The Bertz CT molecular complexity index is 529. The van der Waals surface area contributed by atoms with E-state index in [-0.39, 0.29) is 0 Å². The molecule has 1 aromatic heterocycles. The first-order chi connectivity index (χ1) is 9.72. The summed E-state index contributed by atoms with van der Waals surface area (Å²) in [4.78, 5) is 0.760. The highest BCUT2D eigenvalue weighted by Gasteiger charge is 2.14. The van der Waals surface area contributed by atoms with E-state index in [9.17, 15) is 4.55 Å². The third kappa shape index (κ3) is 3.96. The quantitative estimate of drug-likeness (QED) is 0.765. The first-order valence-corrected chi connectivity index (χ1v) is 7.61. The molecule has 1 aromatic carbocycles. The van der Waals surface area contributed by atoms with E-state index in [1.807, 2.05) is 13.2 Å². The van der Waals surface area contributed by atoms with Crippen molar-refractivity contribution in [2.45, 2.75) is 17.2 Å². The lowest BCUT2D eigenvalue weighted by molar-refractivity contribution is 0.414. The minimum absolute atomic E-state index is 0.367. The van der Waals surface area contributed by atoms with Crippen LogP contribution in [-0.2, 0) is 23.5 Å². The Hall–Kier alpha value is -1.57. The Labute approximate surface area is 121 Å². The van der Waals surface area contributed by atoms with Gasteiger partial charge in [0.2, 0.25) is 0 Å². The zero-order chi connectivity index (χ0) is 14.4. The predicted octanol–water partition coefficient (Wildman–Crippen LogP) is 0.814. The van der Waals surface area contributed by atoms with Gasteiger partial charge in [0, 0.05) is 6.54 Å². The van der Waals surface area contributed by atoms with Gasteiger partial charge in [0.1, 0.15) is 11.4 Å². The SMILES string of the molecule is CNCCn1cc(C[S+]([O-])c2ccc(OC)cc2)nn1. The van der Waals surface area contributed by atoms with Gasteiger partial charge in [0.05, 0.1) is 19.9 Å².